The van der Waals surface area contributed by atoms with E-state index < -0.39 is 0 Å². The van der Waals surface area contributed by atoms with Crippen LogP contribution in [0.15, 0.2) is 0 Å². The summed E-state index contributed by atoms with van der Waals surface area (Å²) in [5, 5.41) is 0. The second kappa shape index (κ2) is 7.32. The van der Waals surface area contributed by atoms with Crippen LogP contribution in [0.2, 0.25) is 0 Å². The first kappa shape index (κ1) is 16.0. The van der Waals surface area contributed by atoms with E-state index in [4.69, 9.17) is 0 Å². The average molecular weight is 228 g/mol. The minimum absolute atomic E-state index is 0.738. The van der Waals surface area contributed by atoms with E-state index in [1.165, 1.54) is 36.7 Å². The van der Waals surface area contributed by atoms with Crippen LogP contribution in [-0.4, -0.2) is 29.2 Å². The Morgan fingerprint density at radius 1 is 0.688 bits per heavy atom. The van der Waals surface area contributed by atoms with Crippen LogP contribution >= 0.6 is 0 Å². The Bertz CT molecular complexity index is 148. The molecule has 0 aliphatic carbocycles. The summed E-state index contributed by atoms with van der Waals surface area (Å²) in [7, 11) is 0. The third-order valence-corrected chi connectivity index (χ3v) is 4.28. The molecule has 16 heavy (non-hydrogen) atoms. The molecule has 0 aliphatic rings. The summed E-state index contributed by atoms with van der Waals surface area (Å²) in [5.41, 5.74) is 0. The molecule has 0 unspecified atom stereocenters. The highest BCUT2D eigenvalue weighted by atomic mass is 15.4. The molecule has 0 bridgehead atoms. The lowest BCUT2D eigenvalue weighted by molar-refractivity contribution is -0.985. The molecule has 0 aliphatic heterocycles. The number of hydrogen-bond donors (Lipinski definition) is 0. The molecule has 0 saturated heterocycles. The van der Waals surface area contributed by atoms with Crippen LogP contribution in [0.3, 0.4) is 0 Å². The topological polar surface area (TPSA) is 0 Å². The fourth-order valence-electron chi connectivity index (χ4n) is 3.38. The van der Waals surface area contributed by atoms with Crippen molar-refractivity contribution in [2.75, 3.05) is 6.54 Å². The highest BCUT2D eigenvalue weighted by Crippen LogP contribution is 2.25. The molecule has 0 aromatic rings. The summed E-state index contributed by atoms with van der Waals surface area (Å²) in [6.45, 7) is 18.0. The Balaban J connectivity index is 4.52. The first-order valence-electron chi connectivity index (χ1n) is 7.26. The van der Waals surface area contributed by atoms with Gasteiger partial charge in [-0.1, -0.05) is 19.8 Å². The van der Waals surface area contributed by atoms with Gasteiger partial charge in [-0.05, 0) is 54.4 Å². The Morgan fingerprint density at radius 2 is 1.12 bits per heavy atom. The summed E-state index contributed by atoms with van der Waals surface area (Å²) < 4.78 is 1.28. The predicted octanol–water partition coefficient (Wildman–Crippen LogP) is 4.61. The highest BCUT2D eigenvalue weighted by Gasteiger charge is 2.36. The SMILES string of the molecule is CCCCCC[N+](C(C)C)(C(C)C)C(C)C. The average Bonchev–Trinajstić information content (AvgIpc) is 2.16. The first-order valence-corrected chi connectivity index (χ1v) is 7.26. The summed E-state index contributed by atoms with van der Waals surface area (Å²) in [4.78, 5) is 0. The number of rotatable bonds is 8. The molecule has 0 radical (unpaired) electrons. The van der Waals surface area contributed by atoms with Crippen LogP contribution in [0.5, 0.6) is 0 Å². The number of quaternary nitrogens is 1. The van der Waals surface area contributed by atoms with Crippen molar-refractivity contribution in [2.24, 2.45) is 0 Å². The minimum Gasteiger partial charge on any atom is -0.318 e. The maximum absolute atomic E-state index is 2.39. The van der Waals surface area contributed by atoms with Crippen LogP contribution < -0.4 is 0 Å². The third-order valence-electron chi connectivity index (χ3n) is 4.28. The van der Waals surface area contributed by atoms with E-state index in [1.54, 1.807) is 0 Å². The quantitative estimate of drug-likeness (QED) is 0.420. The number of hydrogen-bond acceptors (Lipinski definition) is 0. The molecule has 0 rings (SSSR count). The summed E-state index contributed by atoms with van der Waals surface area (Å²) >= 11 is 0. The van der Waals surface area contributed by atoms with Gasteiger partial charge in [0.05, 0.1) is 24.7 Å². The van der Waals surface area contributed by atoms with Gasteiger partial charge in [-0.3, -0.25) is 0 Å². The van der Waals surface area contributed by atoms with Crippen LogP contribution in [-0.2, 0) is 0 Å². The van der Waals surface area contributed by atoms with Crippen LogP contribution in [0.1, 0.15) is 74.1 Å². The van der Waals surface area contributed by atoms with Gasteiger partial charge in [-0.25, -0.2) is 0 Å². The van der Waals surface area contributed by atoms with Crippen molar-refractivity contribution >= 4 is 0 Å². The van der Waals surface area contributed by atoms with Gasteiger partial charge in [-0.2, -0.15) is 0 Å². The normalized spacial score (nSPS) is 13.1. The monoisotopic (exact) mass is 228 g/mol. The molecule has 0 heterocycles. The Morgan fingerprint density at radius 3 is 1.44 bits per heavy atom. The Kier molecular flexibility index (Phi) is 7.30. The third kappa shape index (κ3) is 3.76. The summed E-state index contributed by atoms with van der Waals surface area (Å²) in [6.07, 6.45) is 5.53. The number of unbranched alkanes of at least 4 members (excludes halogenated alkanes) is 3. The molecular weight excluding hydrogens is 194 g/mol. The lowest BCUT2D eigenvalue weighted by Gasteiger charge is -2.49. The zero-order valence-corrected chi connectivity index (χ0v) is 12.7. The molecule has 0 spiro atoms. The summed E-state index contributed by atoms with van der Waals surface area (Å²) in [6, 6.07) is 2.21. The van der Waals surface area contributed by atoms with Gasteiger partial charge >= 0.3 is 0 Å². The number of nitrogens with zero attached hydrogens (tertiary/aromatic N) is 1. The van der Waals surface area contributed by atoms with E-state index >= 15 is 0 Å². The van der Waals surface area contributed by atoms with Gasteiger partial charge in [-0.15, -0.1) is 0 Å². The smallest absolute Gasteiger partial charge is 0.0837 e. The Hall–Kier alpha value is -0.0400. The first-order chi connectivity index (χ1) is 7.39. The molecular formula is C15H34N+. The molecule has 0 aromatic carbocycles. The Labute approximate surface area is 104 Å². The van der Waals surface area contributed by atoms with Crippen molar-refractivity contribution in [3.8, 4) is 0 Å². The van der Waals surface area contributed by atoms with E-state index in [0.29, 0.717) is 0 Å². The molecule has 0 atom stereocenters. The van der Waals surface area contributed by atoms with Crippen molar-refractivity contribution < 1.29 is 4.48 Å². The molecule has 0 saturated carbocycles. The van der Waals surface area contributed by atoms with Gasteiger partial charge in [0.15, 0.2) is 0 Å². The molecule has 98 valence electrons. The van der Waals surface area contributed by atoms with E-state index in [9.17, 15) is 0 Å². The van der Waals surface area contributed by atoms with Crippen LogP contribution in [0.4, 0.5) is 0 Å². The fraction of sp³-hybridized carbons (Fsp3) is 1.00. The fourth-order valence-corrected chi connectivity index (χ4v) is 3.38. The second-order valence-electron chi connectivity index (χ2n) is 6.06. The zero-order chi connectivity index (χ0) is 12.8. The molecule has 1 heteroatoms. The lowest BCUT2D eigenvalue weighted by Crippen LogP contribution is -2.62. The van der Waals surface area contributed by atoms with Gasteiger partial charge in [0, 0.05) is 0 Å². The molecule has 0 amide bonds. The van der Waals surface area contributed by atoms with Crippen molar-refractivity contribution in [3.63, 3.8) is 0 Å². The van der Waals surface area contributed by atoms with E-state index in [1.807, 2.05) is 0 Å². The summed E-state index contributed by atoms with van der Waals surface area (Å²) in [5.74, 6) is 0. The van der Waals surface area contributed by atoms with Crippen molar-refractivity contribution in [3.05, 3.63) is 0 Å². The lowest BCUT2D eigenvalue weighted by atomic mass is 10.0. The largest absolute Gasteiger partial charge is 0.318 e. The zero-order valence-electron chi connectivity index (χ0n) is 12.7. The highest BCUT2D eigenvalue weighted by molar-refractivity contribution is 4.59. The van der Waals surface area contributed by atoms with Gasteiger partial charge in [0.2, 0.25) is 0 Å². The van der Waals surface area contributed by atoms with Crippen molar-refractivity contribution in [2.45, 2.75) is 92.3 Å². The minimum atomic E-state index is 0.738. The van der Waals surface area contributed by atoms with Gasteiger partial charge < -0.3 is 4.48 Å². The molecule has 1 nitrogen and oxygen atoms in total. The second-order valence-corrected chi connectivity index (χ2v) is 6.06. The van der Waals surface area contributed by atoms with E-state index in [0.717, 1.165) is 18.1 Å². The maximum atomic E-state index is 2.39. The van der Waals surface area contributed by atoms with E-state index in [-0.39, 0.29) is 0 Å². The van der Waals surface area contributed by atoms with E-state index in [2.05, 4.69) is 48.5 Å². The molecule has 0 N–H and O–H groups in total. The van der Waals surface area contributed by atoms with Gasteiger partial charge in [0.25, 0.3) is 0 Å². The maximum Gasteiger partial charge on any atom is 0.0837 e. The standard InChI is InChI=1S/C15H34N/c1-8-9-10-11-12-16(13(2)3,14(4)5)15(6)7/h13-15H,8-12H2,1-7H3/q+1. The van der Waals surface area contributed by atoms with Crippen LogP contribution in [0.25, 0.3) is 0 Å². The van der Waals surface area contributed by atoms with Crippen molar-refractivity contribution in [1.29, 1.82) is 0 Å². The van der Waals surface area contributed by atoms with Crippen molar-refractivity contribution in [1.82, 2.24) is 0 Å². The van der Waals surface area contributed by atoms with Gasteiger partial charge in [0.1, 0.15) is 0 Å². The molecule has 0 aromatic heterocycles. The van der Waals surface area contributed by atoms with Crippen LogP contribution in [0, 0.1) is 0 Å². The predicted molar refractivity (Wildman–Crippen MR) is 74.7 cm³/mol. The molecule has 0 fully saturated rings.